The molecule has 4 N–H and O–H groups in total. The van der Waals surface area contributed by atoms with Crippen molar-refractivity contribution in [3.8, 4) is 5.75 Å². The summed E-state index contributed by atoms with van der Waals surface area (Å²) in [6, 6.07) is 1.64. The Morgan fingerprint density at radius 2 is 2.20 bits per heavy atom. The lowest BCUT2D eigenvalue weighted by Crippen LogP contribution is -2.17. The minimum atomic E-state index is -1.23. The molecular weight excluding hydrogens is 201 g/mol. The lowest BCUT2D eigenvalue weighted by molar-refractivity contribution is 0.0694. The highest BCUT2D eigenvalue weighted by Gasteiger charge is 2.21. The highest BCUT2D eigenvalue weighted by molar-refractivity contribution is 5.90. The van der Waals surface area contributed by atoms with Crippen molar-refractivity contribution in [1.82, 2.24) is 0 Å². The van der Waals surface area contributed by atoms with E-state index in [0.717, 1.165) is 0 Å². The van der Waals surface area contributed by atoms with Crippen LogP contribution >= 0.6 is 0 Å². The second-order valence-electron chi connectivity index (χ2n) is 3.26. The second kappa shape index (κ2) is 4.27. The zero-order chi connectivity index (χ0) is 11.6. The molecule has 0 spiro atoms. The van der Waals surface area contributed by atoms with E-state index in [9.17, 15) is 14.3 Å². The molecule has 4 nitrogen and oxygen atoms in total. The molecule has 0 unspecified atom stereocenters. The number of phenolic OH excluding ortho intramolecular Hbond substituents is 1. The van der Waals surface area contributed by atoms with Gasteiger partial charge in [0.05, 0.1) is 11.6 Å². The first kappa shape index (κ1) is 11.5. The number of phenols is 1. The topological polar surface area (TPSA) is 83.5 Å². The third kappa shape index (κ3) is 2.07. The molecule has 0 aliphatic heterocycles. The zero-order valence-electron chi connectivity index (χ0n) is 8.20. The summed E-state index contributed by atoms with van der Waals surface area (Å²) in [4.78, 5) is 10.8. The van der Waals surface area contributed by atoms with Gasteiger partial charge in [-0.1, -0.05) is 6.07 Å². The average molecular weight is 213 g/mol. The van der Waals surface area contributed by atoms with Gasteiger partial charge in [0, 0.05) is 5.56 Å². The number of alkyl halides is 1. The molecule has 0 aliphatic rings. The maximum Gasteiger partial charge on any atom is 0.336 e. The summed E-state index contributed by atoms with van der Waals surface area (Å²) in [5.41, 5.74) is 5.66. The van der Waals surface area contributed by atoms with Crippen LogP contribution in [0.2, 0.25) is 0 Å². The first-order valence-electron chi connectivity index (χ1n) is 4.36. The van der Waals surface area contributed by atoms with Crippen LogP contribution in [0.4, 0.5) is 4.39 Å². The van der Waals surface area contributed by atoms with E-state index in [1.165, 1.54) is 12.1 Å². The summed E-state index contributed by atoms with van der Waals surface area (Å²) in [5.74, 6) is -1.48. The van der Waals surface area contributed by atoms with Gasteiger partial charge in [-0.2, -0.15) is 0 Å². The zero-order valence-corrected chi connectivity index (χ0v) is 8.20. The number of carbonyl (C=O) groups is 1. The molecule has 0 aliphatic carbocycles. The van der Waals surface area contributed by atoms with Gasteiger partial charge in [-0.05, 0) is 18.6 Å². The van der Waals surface area contributed by atoms with Crippen molar-refractivity contribution in [2.24, 2.45) is 5.73 Å². The summed E-state index contributed by atoms with van der Waals surface area (Å²) >= 11 is 0. The number of aromatic hydroxyl groups is 1. The molecule has 82 valence electrons. The largest absolute Gasteiger partial charge is 0.507 e. The summed E-state index contributed by atoms with van der Waals surface area (Å²) in [7, 11) is 0. The van der Waals surface area contributed by atoms with Crippen LogP contribution in [0.25, 0.3) is 0 Å². The summed E-state index contributed by atoms with van der Waals surface area (Å²) in [5, 5.41) is 18.5. The first-order chi connectivity index (χ1) is 6.99. The molecule has 0 saturated carbocycles. The van der Waals surface area contributed by atoms with Crippen molar-refractivity contribution in [1.29, 1.82) is 0 Å². The number of hydrogen-bond acceptors (Lipinski definition) is 3. The fourth-order valence-electron chi connectivity index (χ4n) is 1.36. The highest BCUT2D eigenvalue weighted by Crippen LogP contribution is 2.30. The molecule has 0 bridgehead atoms. The quantitative estimate of drug-likeness (QED) is 0.708. The number of rotatable bonds is 3. The van der Waals surface area contributed by atoms with Crippen molar-refractivity contribution >= 4 is 5.97 Å². The number of carboxylic acid groups (broad SMARTS) is 1. The lowest BCUT2D eigenvalue weighted by atomic mass is 9.97. The lowest BCUT2D eigenvalue weighted by Gasteiger charge is -2.14. The van der Waals surface area contributed by atoms with Gasteiger partial charge in [0.2, 0.25) is 0 Å². The van der Waals surface area contributed by atoms with Crippen LogP contribution < -0.4 is 5.73 Å². The second-order valence-corrected chi connectivity index (χ2v) is 3.26. The van der Waals surface area contributed by atoms with Crippen LogP contribution in [0.15, 0.2) is 12.1 Å². The maximum absolute atomic E-state index is 12.4. The van der Waals surface area contributed by atoms with Crippen LogP contribution in [0, 0.1) is 6.92 Å². The Morgan fingerprint density at radius 3 is 2.67 bits per heavy atom. The number of halogens is 1. The van der Waals surface area contributed by atoms with Crippen LogP contribution in [-0.2, 0) is 0 Å². The Hall–Kier alpha value is -1.62. The number of nitrogens with two attached hydrogens (primary N) is 1. The van der Waals surface area contributed by atoms with Crippen LogP contribution in [0.5, 0.6) is 5.75 Å². The predicted octanol–water partition coefficient (Wildman–Crippen LogP) is 1.37. The van der Waals surface area contributed by atoms with Gasteiger partial charge in [-0.25, -0.2) is 9.18 Å². The maximum atomic E-state index is 12.4. The van der Waals surface area contributed by atoms with E-state index >= 15 is 0 Å². The van der Waals surface area contributed by atoms with Gasteiger partial charge in [0.1, 0.15) is 12.4 Å². The van der Waals surface area contributed by atoms with Gasteiger partial charge in [0.15, 0.2) is 0 Å². The fourth-order valence-corrected chi connectivity index (χ4v) is 1.36. The normalized spacial score (nSPS) is 12.5. The van der Waals surface area contributed by atoms with Crippen molar-refractivity contribution in [3.05, 3.63) is 28.8 Å². The number of benzene rings is 1. The smallest absolute Gasteiger partial charge is 0.336 e. The van der Waals surface area contributed by atoms with Gasteiger partial charge >= 0.3 is 5.97 Å². The third-order valence-corrected chi connectivity index (χ3v) is 2.19. The van der Waals surface area contributed by atoms with Crippen LogP contribution in [0.3, 0.4) is 0 Å². The Morgan fingerprint density at radius 1 is 1.60 bits per heavy atom. The summed E-state index contributed by atoms with van der Waals surface area (Å²) in [6.45, 7) is 0.673. The molecule has 0 heterocycles. The Labute approximate surface area is 86.1 Å². The van der Waals surface area contributed by atoms with E-state index in [4.69, 9.17) is 10.8 Å². The van der Waals surface area contributed by atoms with E-state index in [0.29, 0.717) is 5.56 Å². The van der Waals surface area contributed by atoms with Gasteiger partial charge < -0.3 is 15.9 Å². The number of hydrogen-bond donors (Lipinski definition) is 3. The molecular formula is C10H12FNO3. The van der Waals surface area contributed by atoms with Gasteiger partial charge in [0.25, 0.3) is 0 Å². The van der Waals surface area contributed by atoms with E-state index in [1.807, 2.05) is 0 Å². The average Bonchev–Trinajstić information content (AvgIpc) is 2.20. The summed E-state index contributed by atoms with van der Waals surface area (Å²) in [6.07, 6.45) is 0. The number of carboxylic acids is 1. The predicted molar refractivity (Wildman–Crippen MR) is 52.7 cm³/mol. The minimum absolute atomic E-state index is 0.0509. The van der Waals surface area contributed by atoms with Crippen molar-refractivity contribution < 1.29 is 19.4 Å². The number of aromatic carboxylic acids is 1. The van der Waals surface area contributed by atoms with E-state index < -0.39 is 18.7 Å². The summed E-state index contributed by atoms with van der Waals surface area (Å²) < 4.78 is 12.4. The minimum Gasteiger partial charge on any atom is -0.507 e. The molecule has 1 aromatic carbocycles. The molecule has 1 aromatic rings. The standard InChI is InChI=1S/C10H12FNO3/c1-5-2-3-6(10(14)15)8(9(5)13)7(12)4-11/h2-3,7,13H,4,12H2,1H3,(H,14,15)/t7-/m0/s1. The molecule has 1 atom stereocenters. The van der Waals surface area contributed by atoms with Crippen molar-refractivity contribution in [3.63, 3.8) is 0 Å². The van der Waals surface area contributed by atoms with Gasteiger partial charge in [-0.3, -0.25) is 0 Å². The highest BCUT2D eigenvalue weighted by atomic mass is 19.1. The fraction of sp³-hybridized carbons (Fsp3) is 0.300. The van der Waals surface area contributed by atoms with E-state index in [1.54, 1.807) is 6.92 Å². The molecule has 5 heteroatoms. The Balaban J connectivity index is 3.41. The molecule has 15 heavy (non-hydrogen) atoms. The van der Waals surface area contributed by atoms with Crippen LogP contribution in [-0.4, -0.2) is 22.9 Å². The SMILES string of the molecule is Cc1ccc(C(=O)O)c([C@@H](N)CF)c1O. The molecule has 0 radical (unpaired) electrons. The Bertz CT molecular complexity index is 392. The van der Waals surface area contributed by atoms with Gasteiger partial charge in [-0.15, -0.1) is 0 Å². The van der Waals surface area contributed by atoms with Crippen LogP contribution in [0.1, 0.15) is 27.5 Å². The monoisotopic (exact) mass is 213 g/mol. The Kier molecular flexibility index (Phi) is 3.26. The number of aryl methyl sites for hydroxylation is 1. The third-order valence-electron chi connectivity index (χ3n) is 2.19. The first-order valence-corrected chi connectivity index (χ1v) is 4.36. The molecule has 0 fully saturated rings. The van der Waals surface area contributed by atoms with E-state index in [2.05, 4.69) is 0 Å². The van der Waals surface area contributed by atoms with Crippen molar-refractivity contribution in [2.75, 3.05) is 6.67 Å². The molecule has 0 saturated heterocycles. The van der Waals surface area contributed by atoms with E-state index in [-0.39, 0.29) is 16.9 Å². The van der Waals surface area contributed by atoms with Crippen molar-refractivity contribution in [2.45, 2.75) is 13.0 Å². The molecule has 1 rings (SSSR count). The molecule has 0 amide bonds. The molecule has 0 aromatic heterocycles.